The van der Waals surface area contributed by atoms with E-state index < -0.39 is 0 Å². The Morgan fingerprint density at radius 3 is 2.47 bits per heavy atom. The third-order valence-electron chi connectivity index (χ3n) is 4.31. The Bertz CT molecular complexity index is 390. The maximum absolute atomic E-state index is 6.07. The van der Waals surface area contributed by atoms with Crippen molar-refractivity contribution in [3.63, 3.8) is 0 Å². The molecule has 2 heterocycles. The maximum atomic E-state index is 6.07. The summed E-state index contributed by atoms with van der Waals surface area (Å²) in [6.07, 6.45) is 5.23. The van der Waals surface area contributed by atoms with Crippen LogP contribution < -0.4 is 10.1 Å². The molecule has 1 atom stereocenters. The summed E-state index contributed by atoms with van der Waals surface area (Å²) in [4.78, 5) is 2.37. The molecule has 104 valence electrons. The average molecular weight is 260 g/mol. The van der Waals surface area contributed by atoms with Gasteiger partial charge in [0.15, 0.2) is 0 Å². The molecular formula is C16H24N2O. The topological polar surface area (TPSA) is 24.5 Å². The van der Waals surface area contributed by atoms with E-state index in [1.807, 2.05) is 0 Å². The lowest BCUT2D eigenvalue weighted by Crippen LogP contribution is -2.35. The summed E-state index contributed by atoms with van der Waals surface area (Å²) >= 11 is 0. The number of hydrogen-bond acceptors (Lipinski definition) is 3. The Hall–Kier alpha value is -1.06. The number of likely N-dealkylation sites (tertiary alicyclic amines) is 1. The largest absolute Gasteiger partial charge is 0.490 e. The summed E-state index contributed by atoms with van der Waals surface area (Å²) in [7, 11) is 2.18. The van der Waals surface area contributed by atoms with Crippen LogP contribution in [0.5, 0.6) is 5.75 Å². The quantitative estimate of drug-likeness (QED) is 0.904. The second-order valence-electron chi connectivity index (χ2n) is 5.84. The van der Waals surface area contributed by atoms with Crippen molar-refractivity contribution in [3.05, 3.63) is 29.8 Å². The number of nitrogens with zero attached hydrogens (tertiary/aromatic N) is 1. The van der Waals surface area contributed by atoms with E-state index in [1.165, 1.54) is 18.4 Å². The van der Waals surface area contributed by atoms with Crippen LogP contribution in [0, 0.1) is 0 Å². The summed E-state index contributed by atoms with van der Waals surface area (Å²) in [5.41, 5.74) is 1.40. The highest BCUT2D eigenvalue weighted by molar-refractivity contribution is 5.29. The molecule has 1 aromatic rings. The van der Waals surface area contributed by atoms with Crippen molar-refractivity contribution in [2.24, 2.45) is 0 Å². The van der Waals surface area contributed by atoms with Crippen LogP contribution in [0.25, 0.3) is 0 Å². The zero-order valence-corrected chi connectivity index (χ0v) is 11.8. The highest BCUT2D eigenvalue weighted by Crippen LogP contribution is 2.26. The third-order valence-corrected chi connectivity index (χ3v) is 4.31. The molecule has 19 heavy (non-hydrogen) atoms. The molecule has 1 unspecified atom stereocenters. The highest BCUT2D eigenvalue weighted by Gasteiger charge is 2.19. The molecule has 0 aromatic heterocycles. The number of hydrogen-bond donors (Lipinski definition) is 1. The van der Waals surface area contributed by atoms with Crippen LogP contribution in [0.1, 0.15) is 37.3 Å². The molecule has 0 bridgehead atoms. The molecule has 3 heteroatoms. The van der Waals surface area contributed by atoms with E-state index in [0.29, 0.717) is 12.1 Å². The fourth-order valence-electron chi connectivity index (χ4n) is 3.04. The predicted molar refractivity (Wildman–Crippen MR) is 77.6 cm³/mol. The molecule has 0 amide bonds. The first-order chi connectivity index (χ1) is 9.31. The van der Waals surface area contributed by atoms with E-state index in [4.69, 9.17) is 4.74 Å². The van der Waals surface area contributed by atoms with Gasteiger partial charge < -0.3 is 15.0 Å². The standard InChI is InChI=1S/C16H24N2O/c1-18-11-8-15(9-12-18)19-14-6-4-13(5-7-14)16-3-2-10-17-16/h4-7,15-17H,2-3,8-12H2,1H3. The Kier molecular flexibility index (Phi) is 4.04. The van der Waals surface area contributed by atoms with Crippen molar-refractivity contribution in [1.29, 1.82) is 0 Å². The maximum Gasteiger partial charge on any atom is 0.119 e. The smallest absolute Gasteiger partial charge is 0.119 e. The third kappa shape index (κ3) is 3.28. The molecule has 2 aliphatic heterocycles. The highest BCUT2D eigenvalue weighted by atomic mass is 16.5. The summed E-state index contributed by atoms with van der Waals surface area (Å²) in [5.74, 6) is 1.02. The first-order valence-corrected chi connectivity index (χ1v) is 7.50. The molecule has 3 nitrogen and oxygen atoms in total. The van der Waals surface area contributed by atoms with E-state index in [2.05, 4.69) is 41.5 Å². The second kappa shape index (κ2) is 5.93. The van der Waals surface area contributed by atoms with E-state index in [1.54, 1.807) is 0 Å². The molecule has 2 fully saturated rings. The Labute approximate surface area is 115 Å². The van der Waals surface area contributed by atoms with Gasteiger partial charge in [0.1, 0.15) is 11.9 Å². The zero-order chi connectivity index (χ0) is 13.1. The number of benzene rings is 1. The van der Waals surface area contributed by atoms with E-state index in [9.17, 15) is 0 Å². The zero-order valence-electron chi connectivity index (χ0n) is 11.8. The monoisotopic (exact) mass is 260 g/mol. The van der Waals surface area contributed by atoms with Gasteiger partial charge >= 0.3 is 0 Å². The van der Waals surface area contributed by atoms with Gasteiger partial charge in [-0.1, -0.05) is 12.1 Å². The summed E-state index contributed by atoms with van der Waals surface area (Å²) < 4.78 is 6.07. The molecule has 2 aliphatic rings. The van der Waals surface area contributed by atoms with Crippen LogP contribution in [0.3, 0.4) is 0 Å². The van der Waals surface area contributed by atoms with Gasteiger partial charge in [-0.25, -0.2) is 0 Å². The summed E-state index contributed by atoms with van der Waals surface area (Å²) in [6.45, 7) is 3.45. The molecule has 1 aromatic carbocycles. The minimum absolute atomic E-state index is 0.395. The summed E-state index contributed by atoms with van der Waals surface area (Å²) in [5, 5.41) is 3.53. The van der Waals surface area contributed by atoms with Gasteiger partial charge in [-0.15, -0.1) is 0 Å². The number of ether oxygens (including phenoxy) is 1. The molecule has 0 radical (unpaired) electrons. The van der Waals surface area contributed by atoms with Gasteiger partial charge in [-0.3, -0.25) is 0 Å². The van der Waals surface area contributed by atoms with Crippen LogP contribution in [-0.2, 0) is 0 Å². The van der Waals surface area contributed by atoms with Gasteiger partial charge in [0, 0.05) is 19.1 Å². The molecule has 1 N–H and O–H groups in total. The SMILES string of the molecule is CN1CCC(Oc2ccc(C3CCCN3)cc2)CC1. The van der Waals surface area contributed by atoms with Gasteiger partial charge in [-0.2, -0.15) is 0 Å². The van der Waals surface area contributed by atoms with Crippen molar-refractivity contribution in [3.8, 4) is 5.75 Å². The van der Waals surface area contributed by atoms with Crippen LogP contribution in [-0.4, -0.2) is 37.7 Å². The number of piperidine rings is 1. The molecule has 0 saturated carbocycles. The van der Waals surface area contributed by atoms with Crippen molar-refractivity contribution in [2.75, 3.05) is 26.7 Å². The van der Waals surface area contributed by atoms with Crippen LogP contribution in [0.4, 0.5) is 0 Å². The van der Waals surface area contributed by atoms with Crippen LogP contribution >= 0.6 is 0 Å². The summed E-state index contributed by atoms with van der Waals surface area (Å²) in [6, 6.07) is 9.25. The van der Waals surface area contributed by atoms with E-state index in [0.717, 1.165) is 38.2 Å². The first kappa shape index (κ1) is 12.9. The normalized spacial score (nSPS) is 25.6. The Morgan fingerprint density at radius 2 is 1.84 bits per heavy atom. The Morgan fingerprint density at radius 1 is 1.11 bits per heavy atom. The van der Waals surface area contributed by atoms with Gasteiger partial charge in [0.05, 0.1) is 0 Å². The lowest BCUT2D eigenvalue weighted by Gasteiger charge is -2.29. The molecule has 3 rings (SSSR count). The minimum Gasteiger partial charge on any atom is -0.490 e. The van der Waals surface area contributed by atoms with Crippen molar-refractivity contribution in [2.45, 2.75) is 37.8 Å². The van der Waals surface area contributed by atoms with Gasteiger partial charge in [-0.05, 0) is 57.0 Å². The van der Waals surface area contributed by atoms with Crippen molar-refractivity contribution in [1.82, 2.24) is 10.2 Å². The molecule has 0 aliphatic carbocycles. The second-order valence-corrected chi connectivity index (χ2v) is 5.84. The molecule has 2 saturated heterocycles. The van der Waals surface area contributed by atoms with Crippen LogP contribution in [0.2, 0.25) is 0 Å². The number of nitrogens with one attached hydrogen (secondary N) is 1. The van der Waals surface area contributed by atoms with Crippen molar-refractivity contribution >= 4 is 0 Å². The molecular weight excluding hydrogens is 236 g/mol. The molecule has 0 spiro atoms. The lowest BCUT2D eigenvalue weighted by atomic mass is 10.1. The number of rotatable bonds is 3. The fraction of sp³-hybridized carbons (Fsp3) is 0.625. The first-order valence-electron chi connectivity index (χ1n) is 7.50. The Balaban J connectivity index is 1.56. The van der Waals surface area contributed by atoms with E-state index in [-0.39, 0.29) is 0 Å². The van der Waals surface area contributed by atoms with Crippen molar-refractivity contribution < 1.29 is 4.74 Å². The van der Waals surface area contributed by atoms with Gasteiger partial charge in [0.2, 0.25) is 0 Å². The van der Waals surface area contributed by atoms with E-state index >= 15 is 0 Å². The average Bonchev–Trinajstić information content (AvgIpc) is 2.96. The fourth-order valence-corrected chi connectivity index (χ4v) is 3.04. The van der Waals surface area contributed by atoms with Gasteiger partial charge in [0.25, 0.3) is 0 Å². The minimum atomic E-state index is 0.395. The predicted octanol–water partition coefficient (Wildman–Crippen LogP) is 2.58. The lowest BCUT2D eigenvalue weighted by molar-refractivity contribution is 0.114. The van der Waals surface area contributed by atoms with Crippen LogP contribution in [0.15, 0.2) is 24.3 Å².